The summed E-state index contributed by atoms with van der Waals surface area (Å²) >= 11 is 4.97. The van der Waals surface area contributed by atoms with Gasteiger partial charge in [-0.2, -0.15) is 0 Å². The first-order chi connectivity index (χ1) is 6.68. The highest BCUT2D eigenvalue weighted by Crippen LogP contribution is 2.23. The van der Waals surface area contributed by atoms with Crippen molar-refractivity contribution in [2.75, 3.05) is 18.0 Å². The van der Waals surface area contributed by atoms with E-state index >= 15 is 0 Å². The van der Waals surface area contributed by atoms with Crippen LogP contribution >= 0.6 is 12.2 Å². The van der Waals surface area contributed by atoms with Gasteiger partial charge in [0.25, 0.3) is 0 Å². The van der Waals surface area contributed by atoms with Gasteiger partial charge in [-0.05, 0) is 37.1 Å². The summed E-state index contributed by atoms with van der Waals surface area (Å²) in [5.74, 6) is 0. The van der Waals surface area contributed by atoms with Crippen molar-refractivity contribution in [1.82, 2.24) is 0 Å². The highest BCUT2D eigenvalue weighted by Gasteiger charge is 2.14. The number of hydrogen-bond acceptors (Lipinski definition) is 2. The molecule has 1 heterocycles. The maximum absolute atomic E-state index is 5.61. The molecule has 2 nitrogen and oxygen atoms in total. The molecule has 0 aromatic heterocycles. The topological polar surface area (TPSA) is 29.3 Å². The van der Waals surface area contributed by atoms with Crippen LogP contribution < -0.4 is 10.6 Å². The van der Waals surface area contributed by atoms with Gasteiger partial charge in [-0.15, -0.1) is 0 Å². The average molecular weight is 206 g/mol. The SMILES string of the molecule is Cc1cc(N2CCC2)ccc1C(N)=S. The Balaban J connectivity index is 2.30. The van der Waals surface area contributed by atoms with E-state index in [-0.39, 0.29) is 0 Å². The lowest BCUT2D eigenvalue weighted by Gasteiger charge is -2.33. The second kappa shape index (κ2) is 3.58. The summed E-state index contributed by atoms with van der Waals surface area (Å²) in [7, 11) is 0. The minimum Gasteiger partial charge on any atom is -0.389 e. The minimum atomic E-state index is 0.484. The molecule has 0 saturated carbocycles. The monoisotopic (exact) mass is 206 g/mol. The molecule has 74 valence electrons. The Morgan fingerprint density at radius 1 is 1.43 bits per heavy atom. The quantitative estimate of drug-likeness (QED) is 0.749. The zero-order chi connectivity index (χ0) is 10.1. The third-order valence-corrected chi connectivity index (χ3v) is 2.92. The Morgan fingerprint density at radius 3 is 2.57 bits per heavy atom. The van der Waals surface area contributed by atoms with Crippen molar-refractivity contribution in [2.24, 2.45) is 5.73 Å². The van der Waals surface area contributed by atoms with Gasteiger partial charge in [0.05, 0.1) is 0 Å². The largest absolute Gasteiger partial charge is 0.389 e. The molecule has 14 heavy (non-hydrogen) atoms. The van der Waals surface area contributed by atoms with Crippen LogP contribution in [0.5, 0.6) is 0 Å². The number of thiocarbonyl (C=S) groups is 1. The molecule has 1 aliphatic rings. The van der Waals surface area contributed by atoms with Gasteiger partial charge in [0.15, 0.2) is 0 Å². The van der Waals surface area contributed by atoms with E-state index in [4.69, 9.17) is 18.0 Å². The Labute approximate surface area is 89.7 Å². The summed E-state index contributed by atoms with van der Waals surface area (Å²) in [6.45, 7) is 4.40. The van der Waals surface area contributed by atoms with E-state index < -0.39 is 0 Å². The van der Waals surface area contributed by atoms with Crippen LogP contribution in [0.2, 0.25) is 0 Å². The lowest BCUT2D eigenvalue weighted by molar-refractivity contribution is 0.617. The first-order valence-electron chi connectivity index (χ1n) is 4.84. The van der Waals surface area contributed by atoms with E-state index in [1.54, 1.807) is 0 Å². The Bertz CT molecular complexity index is 370. The van der Waals surface area contributed by atoms with E-state index in [9.17, 15) is 0 Å². The first kappa shape index (κ1) is 9.46. The molecule has 1 aromatic rings. The van der Waals surface area contributed by atoms with E-state index in [2.05, 4.69) is 24.0 Å². The summed E-state index contributed by atoms with van der Waals surface area (Å²) in [6, 6.07) is 6.28. The second-order valence-electron chi connectivity index (χ2n) is 3.70. The summed E-state index contributed by atoms with van der Waals surface area (Å²) in [6.07, 6.45) is 1.30. The van der Waals surface area contributed by atoms with Crippen LogP contribution in [0.25, 0.3) is 0 Å². The second-order valence-corrected chi connectivity index (χ2v) is 4.14. The molecule has 1 fully saturated rings. The van der Waals surface area contributed by atoms with Crippen LogP contribution in [-0.4, -0.2) is 18.1 Å². The minimum absolute atomic E-state index is 0.484. The number of nitrogens with two attached hydrogens (primary N) is 1. The fourth-order valence-corrected chi connectivity index (χ4v) is 1.92. The standard InChI is InChI=1S/C11H14N2S/c1-8-7-9(13-5-2-6-13)3-4-10(8)11(12)14/h3-4,7H,2,5-6H2,1H3,(H2,12,14). The van der Waals surface area contributed by atoms with E-state index in [0.717, 1.165) is 5.56 Å². The molecule has 0 unspecified atom stereocenters. The molecular formula is C11H14N2S. The van der Waals surface area contributed by atoms with Gasteiger partial charge in [0, 0.05) is 24.3 Å². The van der Waals surface area contributed by atoms with Crippen LogP contribution in [0.15, 0.2) is 18.2 Å². The number of benzene rings is 1. The zero-order valence-electron chi connectivity index (χ0n) is 8.29. The van der Waals surface area contributed by atoms with Crippen molar-refractivity contribution in [2.45, 2.75) is 13.3 Å². The van der Waals surface area contributed by atoms with Gasteiger partial charge < -0.3 is 10.6 Å². The third kappa shape index (κ3) is 1.60. The van der Waals surface area contributed by atoms with Gasteiger partial charge in [-0.25, -0.2) is 0 Å². The lowest BCUT2D eigenvalue weighted by atomic mass is 10.1. The zero-order valence-corrected chi connectivity index (χ0v) is 9.10. The summed E-state index contributed by atoms with van der Waals surface area (Å²) in [4.78, 5) is 2.84. The highest BCUT2D eigenvalue weighted by atomic mass is 32.1. The van der Waals surface area contributed by atoms with Gasteiger partial charge in [0.1, 0.15) is 4.99 Å². The van der Waals surface area contributed by atoms with E-state index in [1.807, 2.05) is 6.07 Å². The van der Waals surface area contributed by atoms with E-state index in [1.165, 1.54) is 30.8 Å². The molecule has 1 saturated heterocycles. The average Bonchev–Trinajstić information content (AvgIpc) is 2.00. The predicted molar refractivity (Wildman–Crippen MR) is 63.9 cm³/mol. The van der Waals surface area contributed by atoms with Crippen molar-refractivity contribution >= 4 is 22.9 Å². The fraction of sp³-hybridized carbons (Fsp3) is 0.364. The predicted octanol–water partition coefficient (Wildman–Crippen LogP) is 1.84. The molecule has 2 N–H and O–H groups in total. The Hall–Kier alpha value is -1.09. The van der Waals surface area contributed by atoms with Gasteiger partial charge in [-0.3, -0.25) is 0 Å². The number of anilines is 1. The van der Waals surface area contributed by atoms with Crippen molar-refractivity contribution < 1.29 is 0 Å². The summed E-state index contributed by atoms with van der Waals surface area (Å²) < 4.78 is 0. The molecule has 2 rings (SSSR count). The molecule has 3 heteroatoms. The number of aryl methyl sites for hydroxylation is 1. The molecule has 1 aromatic carbocycles. The molecule has 0 aliphatic carbocycles. The molecule has 0 spiro atoms. The van der Waals surface area contributed by atoms with Crippen LogP contribution in [-0.2, 0) is 0 Å². The Morgan fingerprint density at radius 2 is 2.14 bits per heavy atom. The maximum Gasteiger partial charge on any atom is 0.104 e. The van der Waals surface area contributed by atoms with Gasteiger partial charge in [-0.1, -0.05) is 12.2 Å². The van der Waals surface area contributed by atoms with Crippen molar-refractivity contribution in [3.05, 3.63) is 29.3 Å². The van der Waals surface area contributed by atoms with Crippen LogP contribution in [0.4, 0.5) is 5.69 Å². The van der Waals surface area contributed by atoms with Crippen LogP contribution in [0.3, 0.4) is 0 Å². The lowest BCUT2D eigenvalue weighted by Crippen LogP contribution is -2.37. The molecule has 1 aliphatic heterocycles. The van der Waals surface area contributed by atoms with E-state index in [0.29, 0.717) is 4.99 Å². The molecule has 0 amide bonds. The van der Waals surface area contributed by atoms with Crippen molar-refractivity contribution in [3.63, 3.8) is 0 Å². The molecule has 0 atom stereocenters. The Kier molecular flexibility index (Phi) is 2.42. The highest BCUT2D eigenvalue weighted by molar-refractivity contribution is 7.80. The third-order valence-electron chi connectivity index (χ3n) is 2.70. The smallest absolute Gasteiger partial charge is 0.104 e. The number of hydrogen-bond donors (Lipinski definition) is 1. The number of nitrogens with zero attached hydrogens (tertiary/aromatic N) is 1. The van der Waals surface area contributed by atoms with Crippen molar-refractivity contribution in [3.8, 4) is 0 Å². The summed E-state index contributed by atoms with van der Waals surface area (Å²) in [5.41, 5.74) is 9.05. The maximum atomic E-state index is 5.61. The first-order valence-corrected chi connectivity index (χ1v) is 5.25. The van der Waals surface area contributed by atoms with Gasteiger partial charge >= 0.3 is 0 Å². The molecule has 0 bridgehead atoms. The molecular weight excluding hydrogens is 192 g/mol. The van der Waals surface area contributed by atoms with Crippen LogP contribution in [0.1, 0.15) is 17.5 Å². The normalized spacial score (nSPS) is 15.1. The fourth-order valence-electron chi connectivity index (χ4n) is 1.70. The van der Waals surface area contributed by atoms with Crippen LogP contribution in [0, 0.1) is 6.92 Å². The molecule has 0 radical (unpaired) electrons. The summed E-state index contributed by atoms with van der Waals surface area (Å²) in [5, 5.41) is 0. The van der Waals surface area contributed by atoms with Gasteiger partial charge in [0.2, 0.25) is 0 Å². The van der Waals surface area contributed by atoms with Crippen molar-refractivity contribution in [1.29, 1.82) is 0 Å². The number of rotatable bonds is 2.